The smallest absolute Gasteiger partial charge is 0.303 e. The number of carboxylic acids is 1. The zero-order valence-corrected chi connectivity index (χ0v) is 9.45. The topological polar surface area (TPSA) is 69.6 Å². The number of carboxylic acid groups (broad SMARTS) is 1. The van der Waals surface area contributed by atoms with E-state index in [4.69, 9.17) is 5.11 Å². The van der Waals surface area contributed by atoms with E-state index in [1.165, 1.54) is 0 Å². The molecule has 1 amide bonds. The molecule has 15 heavy (non-hydrogen) atoms. The van der Waals surface area contributed by atoms with Gasteiger partial charge in [0.25, 0.3) is 0 Å². The van der Waals surface area contributed by atoms with Crippen LogP contribution in [0.15, 0.2) is 0 Å². The van der Waals surface area contributed by atoms with Gasteiger partial charge in [-0.15, -0.1) is 0 Å². The molecule has 88 valence electrons. The van der Waals surface area contributed by atoms with Crippen LogP contribution in [-0.4, -0.2) is 48.6 Å². The summed E-state index contributed by atoms with van der Waals surface area (Å²) in [7, 11) is 1.70. The Morgan fingerprint density at radius 3 is 2.53 bits per heavy atom. The number of carbonyl (C=O) groups excluding carboxylic acids is 1. The van der Waals surface area contributed by atoms with Crippen LogP contribution in [0.5, 0.6) is 0 Å². The fraction of sp³-hybridized carbons (Fsp3) is 0.800. The lowest BCUT2D eigenvalue weighted by Crippen LogP contribution is -2.30. The molecule has 5 heteroatoms. The molecule has 2 N–H and O–H groups in total. The fourth-order valence-corrected chi connectivity index (χ4v) is 1.16. The minimum absolute atomic E-state index is 0.0568. The van der Waals surface area contributed by atoms with Crippen LogP contribution in [0.4, 0.5) is 0 Å². The molecule has 0 radical (unpaired) electrons. The Morgan fingerprint density at radius 2 is 2.00 bits per heavy atom. The lowest BCUT2D eigenvalue weighted by molar-refractivity contribution is -0.138. The summed E-state index contributed by atoms with van der Waals surface area (Å²) in [5, 5.41) is 11.5. The van der Waals surface area contributed by atoms with Gasteiger partial charge in [0, 0.05) is 33.0 Å². The number of carbonyl (C=O) groups is 2. The summed E-state index contributed by atoms with van der Waals surface area (Å²) in [4.78, 5) is 23.3. The molecule has 0 unspecified atom stereocenters. The number of nitrogens with one attached hydrogen (secondary N) is 1. The molecule has 0 aliphatic rings. The van der Waals surface area contributed by atoms with E-state index in [9.17, 15) is 9.59 Å². The van der Waals surface area contributed by atoms with E-state index in [0.29, 0.717) is 25.9 Å². The third-order valence-electron chi connectivity index (χ3n) is 2.08. The second-order valence-electron chi connectivity index (χ2n) is 3.42. The molecule has 0 aromatic heterocycles. The minimum atomic E-state index is -0.816. The van der Waals surface area contributed by atoms with Gasteiger partial charge in [0.15, 0.2) is 0 Å². The maximum Gasteiger partial charge on any atom is 0.303 e. The van der Waals surface area contributed by atoms with E-state index in [1.807, 2.05) is 6.92 Å². The zero-order valence-electron chi connectivity index (χ0n) is 9.45. The molecule has 0 saturated carbocycles. The molecule has 0 aliphatic carbocycles. The normalized spacial score (nSPS) is 10.0. The van der Waals surface area contributed by atoms with Crippen LogP contribution < -0.4 is 5.32 Å². The second kappa shape index (κ2) is 8.23. The molecule has 0 spiro atoms. The van der Waals surface area contributed by atoms with Gasteiger partial charge in [-0.25, -0.2) is 0 Å². The largest absolute Gasteiger partial charge is 0.481 e. The second-order valence-corrected chi connectivity index (χ2v) is 3.42. The number of rotatable bonds is 8. The van der Waals surface area contributed by atoms with Gasteiger partial charge in [-0.05, 0) is 13.0 Å². The van der Waals surface area contributed by atoms with Gasteiger partial charge in [-0.3, -0.25) is 9.59 Å². The highest BCUT2D eigenvalue weighted by molar-refractivity contribution is 5.76. The van der Waals surface area contributed by atoms with Gasteiger partial charge < -0.3 is 15.3 Å². The summed E-state index contributed by atoms with van der Waals surface area (Å²) < 4.78 is 0. The average molecular weight is 216 g/mol. The van der Waals surface area contributed by atoms with Crippen molar-refractivity contribution in [2.75, 3.05) is 26.7 Å². The number of hydrogen-bond donors (Lipinski definition) is 2. The van der Waals surface area contributed by atoms with Crippen molar-refractivity contribution in [1.29, 1.82) is 0 Å². The Balaban J connectivity index is 3.55. The molecule has 0 fully saturated rings. The minimum Gasteiger partial charge on any atom is -0.481 e. The number of amides is 1. The van der Waals surface area contributed by atoms with Crippen LogP contribution >= 0.6 is 0 Å². The van der Waals surface area contributed by atoms with Crippen LogP contribution in [0.3, 0.4) is 0 Å². The van der Waals surface area contributed by atoms with Gasteiger partial charge in [-0.1, -0.05) is 6.92 Å². The molecule has 0 aliphatic heterocycles. The molecule has 0 heterocycles. The van der Waals surface area contributed by atoms with E-state index < -0.39 is 5.97 Å². The van der Waals surface area contributed by atoms with E-state index >= 15 is 0 Å². The monoisotopic (exact) mass is 216 g/mol. The first-order valence-corrected chi connectivity index (χ1v) is 5.24. The van der Waals surface area contributed by atoms with Gasteiger partial charge in [0.05, 0.1) is 0 Å². The fourth-order valence-electron chi connectivity index (χ4n) is 1.16. The van der Waals surface area contributed by atoms with E-state index in [-0.39, 0.29) is 12.3 Å². The van der Waals surface area contributed by atoms with E-state index in [2.05, 4.69) is 5.32 Å². The first kappa shape index (κ1) is 13.9. The number of hydrogen-bond acceptors (Lipinski definition) is 3. The summed E-state index contributed by atoms with van der Waals surface area (Å²) in [5.74, 6) is -0.759. The first-order chi connectivity index (χ1) is 7.07. The van der Waals surface area contributed by atoms with Gasteiger partial charge >= 0.3 is 5.97 Å². The van der Waals surface area contributed by atoms with Gasteiger partial charge in [0.2, 0.25) is 5.91 Å². The molecule has 0 rings (SSSR count). The highest BCUT2D eigenvalue weighted by atomic mass is 16.4. The zero-order chi connectivity index (χ0) is 11.7. The van der Waals surface area contributed by atoms with Crippen LogP contribution in [0, 0.1) is 0 Å². The van der Waals surface area contributed by atoms with Crippen molar-refractivity contribution in [3.63, 3.8) is 0 Å². The first-order valence-electron chi connectivity index (χ1n) is 5.24. The van der Waals surface area contributed by atoms with Crippen molar-refractivity contribution < 1.29 is 14.7 Å². The van der Waals surface area contributed by atoms with E-state index in [1.54, 1.807) is 11.9 Å². The highest BCUT2D eigenvalue weighted by Gasteiger charge is 2.08. The molecular formula is C10H20N2O3. The van der Waals surface area contributed by atoms with E-state index in [0.717, 1.165) is 6.54 Å². The Hall–Kier alpha value is -1.10. The number of nitrogens with zero attached hydrogens (tertiary/aromatic N) is 1. The maximum atomic E-state index is 11.4. The summed E-state index contributed by atoms with van der Waals surface area (Å²) in [5.41, 5.74) is 0. The standard InChI is InChI=1S/C10H20N2O3/c1-3-11-7-6-9(13)12(2)8-4-5-10(14)15/h11H,3-8H2,1-2H3,(H,14,15). The molecule has 0 aromatic carbocycles. The van der Waals surface area contributed by atoms with Crippen LogP contribution in [-0.2, 0) is 9.59 Å². The lowest BCUT2D eigenvalue weighted by atomic mass is 10.3. The van der Waals surface area contributed by atoms with Crippen molar-refractivity contribution in [2.24, 2.45) is 0 Å². The van der Waals surface area contributed by atoms with Crippen molar-refractivity contribution in [3.8, 4) is 0 Å². The lowest BCUT2D eigenvalue weighted by Gasteiger charge is -2.16. The molecule has 0 atom stereocenters. The summed E-state index contributed by atoms with van der Waals surface area (Å²) in [6, 6.07) is 0. The Labute approximate surface area is 90.5 Å². The van der Waals surface area contributed by atoms with Crippen LogP contribution in [0.2, 0.25) is 0 Å². The molecule has 0 aromatic rings. The van der Waals surface area contributed by atoms with Crippen LogP contribution in [0.1, 0.15) is 26.2 Å². The summed E-state index contributed by atoms with van der Waals surface area (Å²) >= 11 is 0. The quantitative estimate of drug-likeness (QED) is 0.573. The Morgan fingerprint density at radius 1 is 1.33 bits per heavy atom. The Kier molecular flexibility index (Phi) is 7.62. The highest BCUT2D eigenvalue weighted by Crippen LogP contribution is 1.95. The molecular weight excluding hydrogens is 196 g/mol. The molecule has 5 nitrogen and oxygen atoms in total. The summed E-state index contributed by atoms with van der Waals surface area (Å²) in [6.07, 6.45) is 1.10. The molecule has 0 saturated heterocycles. The predicted octanol–water partition coefficient (Wildman–Crippen LogP) is 0.309. The maximum absolute atomic E-state index is 11.4. The van der Waals surface area contributed by atoms with Crippen LogP contribution in [0.25, 0.3) is 0 Å². The van der Waals surface area contributed by atoms with Crippen molar-refractivity contribution >= 4 is 11.9 Å². The van der Waals surface area contributed by atoms with Crippen molar-refractivity contribution in [3.05, 3.63) is 0 Å². The third-order valence-corrected chi connectivity index (χ3v) is 2.08. The average Bonchev–Trinajstić information content (AvgIpc) is 2.17. The Bertz CT molecular complexity index is 207. The van der Waals surface area contributed by atoms with Crippen molar-refractivity contribution in [1.82, 2.24) is 10.2 Å². The van der Waals surface area contributed by atoms with Gasteiger partial charge in [-0.2, -0.15) is 0 Å². The predicted molar refractivity (Wildman–Crippen MR) is 57.7 cm³/mol. The summed E-state index contributed by atoms with van der Waals surface area (Å²) in [6.45, 7) is 4.03. The SMILES string of the molecule is CCNCCC(=O)N(C)CCCC(=O)O. The van der Waals surface area contributed by atoms with Gasteiger partial charge in [0.1, 0.15) is 0 Å². The molecule has 0 bridgehead atoms. The number of aliphatic carboxylic acids is 1. The third kappa shape index (κ3) is 7.93. The van der Waals surface area contributed by atoms with Crippen molar-refractivity contribution in [2.45, 2.75) is 26.2 Å².